The van der Waals surface area contributed by atoms with Gasteiger partial charge in [-0.25, -0.2) is 0 Å². The summed E-state index contributed by atoms with van der Waals surface area (Å²) in [7, 11) is 0. The van der Waals surface area contributed by atoms with Crippen molar-refractivity contribution < 1.29 is 4.79 Å². The first-order valence-electron chi connectivity index (χ1n) is 6.69. The van der Waals surface area contributed by atoms with Gasteiger partial charge >= 0.3 is 0 Å². The molecule has 0 amide bonds. The van der Waals surface area contributed by atoms with Crippen molar-refractivity contribution in [2.75, 3.05) is 0 Å². The van der Waals surface area contributed by atoms with E-state index in [1.54, 1.807) is 6.92 Å². The van der Waals surface area contributed by atoms with Gasteiger partial charge in [-0.2, -0.15) is 0 Å². The maximum atomic E-state index is 11.6. The molecule has 0 heterocycles. The Kier molecular flexibility index (Phi) is 4.16. The third-order valence-corrected chi connectivity index (χ3v) is 3.50. The van der Waals surface area contributed by atoms with Crippen LogP contribution < -0.4 is 0 Å². The maximum absolute atomic E-state index is 11.6. The number of carbonyl (C=O) groups is 1. The van der Waals surface area contributed by atoms with Gasteiger partial charge in [0.25, 0.3) is 0 Å². The Morgan fingerprint density at radius 1 is 1.05 bits per heavy atom. The van der Waals surface area contributed by atoms with Crippen LogP contribution in [0.1, 0.15) is 41.5 Å². The van der Waals surface area contributed by atoms with Crippen LogP contribution in [0.5, 0.6) is 0 Å². The standard InChI is InChI=1S/C18H20O/c1-13-9-10-14(2)17(11-13)18(12-15(3)19)16-7-5-4-6-8-16/h4-11,18H,12H2,1-3H3. The van der Waals surface area contributed by atoms with Crippen molar-refractivity contribution in [3.8, 4) is 0 Å². The molecule has 19 heavy (non-hydrogen) atoms. The number of aryl methyl sites for hydroxylation is 2. The van der Waals surface area contributed by atoms with E-state index in [9.17, 15) is 4.79 Å². The first kappa shape index (κ1) is 13.5. The molecular formula is C18H20O. The quantitative estimate of drug-likeness (QED) is 0.787. The number of carbonyl (C=O) groups excluding carboxylic acids is 1. The number of hydrogen-bond acceptors (Lipinski definition) is 1. The zero-order valence-corrected chi connectivity index (χ0v) is 11.8. The molecule has 0 spiro atoms. The molecule has 0 aliphatic rings. The van der Waals surface area contributed by atoms with E-state index in [2.05, 4.69) is 44.2 Å². The Morgan fingerprint density at radius 2 is 1.74 bits per heavy atom. The van der Waals surface area contributed by atoms with Crippen molar-refractivity contribution >= 4 is 5.78 Å². The van der Waals surface area contributed by atoms with Crippen LogP contribution in [0.15, 0.2) is 48.5 Å². The Bertz CT molecular complexity index is 569. The second-order valence-electron chi connectivity index (χ2n) is 5.23. The molecule has 0 aliphatic heterocycles. The van der Waals surface area contributed by atoms with Gasteiger partial charge in [0.15, 0.2) is 0 Å². The molecule has 2 aromatic carbocycles. The van der Waals surface area contributed by atoms with Crippen LogP contribution in [0.2, 0.25) is 0 Å². The summed E-state index contributed by atoms with van der Waals surface area (Å²) in [5.74, 6) is 0.397. The molecule has 1 heteroatoms. The van der Waals surface area contributed by atoms with Crippen LogP contribution in [0.25, 0.3) is 0 Å². The van der Waals surface area contributed by atoms with E-state index in [1.807, 2.05) is 18.2 Å². The maximum Gasteiger partial charge on any atom is 0.130 e. The van der Waals surface area contributed by atoms with Crippen molar-refractivity contribution in [3.63, 3.8) is 0 Å². The Hall–Kier alpha value is -1.89. The fourth-order valence-corrected chi connectivity index (χ4v) is 2.52. The molecule has 1 atom stereocenters. The third kappa shape index (κ3) is 3.31. The van der Waals surface area contributed by atoms with E-state index < -0.39 is 0 Å². The summed E-state index contributed by atoms with van der Waals surface area (Å²) in [6.07, 6.45) is 0.564. The molecule has 0 N–H and O–H groups in total. The van der Waals surface area contributed by atoms with Crippen molar-refractivity contribution in [1.82, 2.24) is 0 Å². The zero-order valence-electron chi connectivity index (χ0n) is 11.8. The number of hydrogen-bond donors (Lipinski definition) is 0. The average molecular weight is 252 g/mol. The van der Waals surface area contributed by atoms with Gasteiger partial charge in [-0.15, -0.1) is 0 Å². The van der Waals surface area contributed by atoms with Crippen LogP contribution in [-0.4, -0.2) is 5.78 Å². The van der Waals surface area contributed by atoms with Gasteiger partial charge in [0.05, 0.1) is 0 Å². The summed E-state index contributed by atoms with van der Waals surface area (Å²) in [4.78, 5) is 11.6. The SMILES string of the molecule is CC(=O)CC(c1ccccc1)c1cc(C)ccc1C. The van der Waals surface area contributed by atoms with E-state index in [0.29, 0.717) is 6.42 Å². The normalized spacial score (nSPS) is 12.2. The average Bonchev–Trinajstić information content (AvgIpc) is 2.40. The molecule has 98 valence electrons. The van der Waals surface area contributed by atoms with Gasteiger partial charge in [0.1, 0.15) is 5.78 Å². The highest BCUT2D eigenvalue weighted by Crippen LogP contribution is 2.31. The number of rotatable bonds is 4. The van der Waals surface area contributed by atoms with Gasteiger partial charge < -0.3 is 0 Å². The van der Waals surface area contributed by atoms with E-state index in [0.717, 1.165) is 0 Å². The van der Waals surface area contributed by atoms with E-state index >= 15 is 0 Å². The van der Waals surface area contributed by atoms with Crippen molar-refractivity contribution in [2.24, 2.45) is 0 Å². The molecule has 1 unspecified atom stereocenters. The van der Waals surface area contributed by atoms with E-state index in [4.69, 9.17) is 0 Å². The largest absolute Gasteiger partial charge is 0.300 e. The summed E-state index contributed by atoms with van der Waals surface area (Å²) >= 11 is 0. The second kappa shape index (κ2) is 5.83. The minimum absolute atomic E-state index is 0.165. The first-order chi connectivity index (χ1) is 9.08. The number of ketones is 1. The number of Topliss-reactive ketones (excluding diaryl/α,β-unsaturated/α-hetero) is 1. The smallest absolute Gasteiger partial charge is 0.130 e. The van der Waals surface area contributed by atoms with Crippen LogP contribution in [-0.2, 0) is 4.79 Å². The van der Waals surface area contributed by atoms with E-state index in [-0.39, 0.29) is 11.7 Å². The molecular weight excluding hydrogens is 232 g/mol. The minimum Gasteiger partial charge on any atom is -0.300 e. The molecule has 1 nitrogen and oxygen atoms in total. The van der Waals surface area contributed by atoms with Crippen LogP contribution in [0.3, 0.4) is 0 Å². The first-order valence-corrected chi connectivity index (χ1v) is 6.69. The highest BCUT2D eigenvalue weighted by atomic mass is 16.1. The van der Waals surface area contributed by atoms with Gasteiger partial charge in [0, 0.05) is 12.3 Å². The molecule has 0 saturated carbocycles. The molecule has 2 aromatic rings. The molecule has 2 rings (SSSR count). The van der Waals surface area contributed by atoms with Crippen LogP contribution in [0, 0.1) is 13.8 Å². The molecule has 0 bridgehead atoms. The fourth-order valence-electron chi connectivity index (χ4n) is 2.52. The summed E-state index contributed by atoms with van der Waals surface area (Å²) in [6, 6.07) is 16.8. The van der Waals surface area contributed by atoms with Crippen LogP contribution >= 0.6 is 0 Å². The van der Waals surface area contributed by atoms with E-state index in [1.165, 1.54) is 22.3 Å². The molecule has 0 saturated heterocycles. The second-order valence-corrected chi connectivity index (χ2v) is 5.23. The molecule has 0 fully saturated rings. The van der Waals surface area contributed by atoms with Crippen LogP contribution in [0.4, 0.5) is 0 Å². The molecule has 0 aliphatic carbocycles. The highest BCUT2D eigenvalue weighted by molar-refractivity contribution is 5.77. The third-order valence-electron chi connectivity index (χ3n) is 3.50. The van der Waals surface area contributed by atoms with Gasteiger partial charge in [-0.1, -0.05) is 54.1 Å². The van der Waals surface area contributed by atoms with Gasteiger partial charge in [0.2, 0.25) is 0 Å². The van der Waals surface area contributed by atoms with Crippen molar-refractivity contribution in [1.29, 1.82) is 0 Å². The summed E-state index contributed by atoms with van der Waals surface area (Å²) in [5, 5.41) is 0. The summed E-state index contributed by atoms with van der Waals surface area (Å²) in [6.45, 7) is 5.88. The van der Waals surface area contributed by atoms with Crippen molar-refractivity contribution in [3.05, 3.63) is 70.8 Å². The Balaban J connectivity index is 2.48. The topological polar surface area (TPSA) is 17.1 Å². The lowest BCUT2D eigenvalue weighted by molar-refractivity contribution is -0.117. The lowest BCUT2D eigenvalue weighted by atomic mass is 9.84. The predicted octanol–water partition coefficient (Wildman–Crippen LogP) is 4.41. The Morgan fingerprint density at radius 3 is 2.37 bits per heavy atom. The fraction of sp³-hybridized carbons (Fsp3) is 0.278. The molecule has 0 aromatic heterocycles. The number of benzene rings is 2. The lowest BCUT2D eigenvalue weighted by Crippen LogP contribution is -2.08. The Labute approximate surface area is 115 Å². The summed E-state index contributed by atoms with van der Waals surface area (Å²) in [5.41, 5.74) is 4.97. The van der Waals surface area contributed by atoms with Gasteiger partial charge in [-0.05, 0) is 37.5 Å². The zero-order chi connectivity index (χ0) is 13.8. The van der Waals surface area contributed by atoms with Gasteiger partial charge in [-0.3, -0.25) is 4.79 Å². The summed E-state index contributed by atoms with van der Waals surface area (Å²) < 4.78 is 0. The predicted molar refractivity (Wildman–Crippen MR) is 79.5 cm³/mol. The highest BCUT2D eigenvalue weighted by Gasteiger charge is 2.18. The lowest BCUT2D eigenvalue weighted by Gasteiger charge is -2.19. The molecule has 0 radical (unpaired) electrons. The van der Waals surface area contributed by atoms with Crippen molar-refractivity contribution in [2.45, 2.75) is 33.1 Å². The monoisotopic (exact) mass is 252 g/mol. The minimum atomic E-state index is 0.165.